The lowest BCUT2D eigenvalue weighted by Crippen LogP contribution is -2.55. The number of carbonyl (C=O) groups excluding carboxylic acids is 1. The van der Waals surface area contributed by atoms with Crippen LogP contribution in [-0.2, 0) is 4.79 Å². The first-order chi connectivity index (χ1) is 11.4. The van der Waals surface area contributed by atoms with Crippen LogP contribution in [0.15, 0.2) is 18.2 Å². The smallest absolute Gasteiger partial charge is 0.317 e. The molecule has 3 rings (SSSR count). The van der Waals surface area contributed by atoms with Gasteiger partial charge in [0.2, 0.25) is 0 Å². The van der Waals surface area contributed by atoms with Gasteiger partial charge in [0.05, 0.1) is 12.1 Å². The first-order valence-electron chi connectivity index (χ1n) is 8.14. The van der Waals surface area contributed by atoms with Crippen LogP contribution in [0.1, 0.15) is 36.0 Å². The molecule has 130 valence electrons. The zero-order valence-electron chi connectivity index (χ0n) is 13.2. The molecule has 0 atom stereocenters. The summed E-state index contributed by atoms with van der Waals surface area (Å²) in [4.78, 5) is 25.0. The molecule has 2 aliphatic rings. The fraction of sp³-hybridized carbons (Fsp3) is 0.529. The third-order valence-corrected chi connectivity index (χ3v) is 4.67. The van der Waals surface area contributed by atoms with Crippen molar-refractivity contribution in [2.24, 2.45) is 5.92 Å². The number of hydrogen-bond donors (Lipinski definition) is 2. The summed E-state index contributed by atoms with van der Waals surface area (Å²) in [6, 6.07) is 2.88. The average Bonchev–Trinajstić information content (AvgIpc) is 3.24. The summed E-state index contributed by atoms with van der Waals surface area (Å²) in [5.74, 6) is -2.44. The standard InChI is InChI=1S/C17H20F2N2O3/c18-11-3-4-14(15(19)5-11)17(24)20-12-6-13(7-12)21(9-16(22)23)8-10-1-2-10/h3-5,10,12-13H,1-2,6-9H2,(H,20,24)(H,22,23). The molecule has 0 unspecified atom stereocenters. The van der Waals surface area contributed by atoms with E-state index in [1.165, 1.54) is 0 Å². The van der Waals surface area contributed by atoms with Crippen molar-refractivity contribution in [2.45, 2.75) is 37.8 Å². The number of carboxylic acids is 1. The van der Waals surface area contributed by atoms with Crippen LogP contribution >= 0.6 is 0 Å². The molecule has 1 aromatic rings. The maximum absolute atomic E-state index is 13.6. The molecule has 2 N–H and O–H groups in total. The van der Waals surface area contributed by atoms with Gasteiger partial charge in [0.25, 0.3) is 5.91 Å². The molecule has 0 aromatic heterocycles. The van der Waals surface area contributed by atoms with E-state index in [9.17, 15) is 18.4 Å². The fourth-order valence-electron chi connectivity index (χ4n) is 3.09. The van der Waals surface area contributed by atoms with Crippen molar-refractivity contribution in [3.8, 4) is 0 Å². The lowest BCUT2D eigenvalue weighted by atomic mass is 9.85. The van der Waals surface area contributed by atoms with E-state index >= 15 is 0 Å². The Morgan fingerprint density at radius 2 is 1.96 bits per heavy atom. The largest absolute Gasteiger partial charge is 0.480 e. The van der Waals surface area contributed by atoms with Gasteiger partial charge in [-0.15, -0.1) is 0 Å². The van der Waals surface area contributed by atoms with Crippen LogP contribution in [0.2, 0.25) is 0 Å². The van der Waals surface area contributed by atoms with Crippen LogP contribution in [0, 0.1) is 17.6 Å². The second-order valence-corrected chi connectivity index (χ2v) is 6.69. The van der Waals surface area contributed by atoms with Crippen molar-refractivity contribution in [1.82, 2.24) is 10.2 Å². The second-order valence-electron chi connectivity index (χ2n) is 6.69. The summed E-state index contributed by atoms with van der Waals surface area (Å²) in [6.07, 6.45) is 3.59. The number of nitrogens with one attached hydrogen (secondary N) is 1. The molecule has 1 aromatic carbocycles. The molecule has 2 saturated carbocycles. The number of carboxylic acid groups (broad SMARTS) is 1. The third kappa shape index (κ3) is 4.08. The van der Waals surface area contributed by atoms with E-state index in [1.54, 1.807) is 0 Å². The fourth-order valence-corrected chi connectivity index (χ4v) is 3.09. The van der Waals surface area contributed by atoms with Gasteiger partial charge in [-0.2, -0.15) is 0 Å². The molecule has 5 nitrogen and oxygen atoms in total. The number of carbonyl (C=O) groups is 2. The van der Waals surface area contributed by atoms with Crippen LogP contribution in [0.4, 0.5) is 8.78 Å². The monoisotopic (exact) mass is 338 g/mol. The zero-order valence-corrected chi connectivity index (χ0v) is 13.2. The molecular weight excluding hydrogens is 318 g/mol. The number of halogens is 2. The molecule has 2 fully saturated rings. The van der Waals surface area contributed by atoms with E-state index in [1.807, 2.05) is 4.90 Å². The minimum absolute atomic E-state index is 0.00836. The molecule has 7 heteroatoms. The lowest BCUT2D eigenvalue weighted by Gasteiger charge is -2.42. The lowest BCUT2D eigenvalue weighted by molar-refractivity contribution is -0.139. The van der Waals surface area contributed by atoms with Crippen LogP contribution in [0.25, 0.3) is 0 Å². The Hall–Kier alpha value is -2.02. The molecule has 1 amide bonds. The van der Waals surface area contributed by atoms with E-state index in [-0.39, 0.29) is 24.2 Å². The maximum Gasteiger partial charge on any atom is 0.317 e. The molecule has 24 heavy (non-hydrogen) atoms. The molecule has 0 saturated heterocycles. The number of amides is 1. The quantitative estimate of drug-likeness (QED) is 0.798. The molecule has 2 aliphatic carbocycles. The number of hydrogen-bond acceptors (Lipinski definition) is 3. The van der Waals surface area contributed by atoms with Crippen molar-refractivity contribution in [3.63, 3.8) is 0 Å². The number of nitrogens with zero attached hydrogens (tertiary/aromatic N) is 1. The van der Waals surface area contributed by atoms with E-state index in [4.69, 9.17) is 5.11 Å². The van der Waals surface area contributed by atoms with Gasteiger partial charge >= 0.3 is 5.97 Å². The highest BCUT2D eigenvalue weighted by Gasteiger charge is 2.38. The predicted molar refractivity (Wildman–Crippen MR) is 82.6 cm³/mol. The molecule has 0 radical (unpaired) electrons. The molecule has 0 aliphatic heterocycles. The first-order valence-corrected chi connectivity index (χ1v) is 8.14. The Balaban J connectivity index is 1.51. The first kappa shape index (κ1) is 16.8. The van der Waals surface area contributed by atoms with Crippen molar-refractivity contribution >= 4 is 11.9 Å². The number of benzene rings is 1. The van der Waals surface area contributed by atoms with Gasteiger partial charge in [-0.05, 0) is 43.7 Å². The Kier molecular flexibility index (Phi) is 4.80. The van der Waals surface area contributed by atoms with Crippen LogP contribution in [-0.4, -0.2) is 47.1 Å². The van der Waals surface area contributed by atoms with Gasteiger partial charge in [-0.1, -0.05) is 0 Å². The van der Waals surface area contributed by atoms with E-state index in [0.29, 0.717) is 24.8 Å². The maximum atomic E-state index is 13.6. The Labute approximate surface area is 138 Å². The summed E-state index contributed by atoms with van der Waals surface area (Å²) in [5.41, 5.74) is -0.180. The topological polar surface area (TPSA) is 69.6 Å². The van der Waals surface area contributed by atoms with Crippen molar-refractivity contribution in [3.05, 3.63) is 35.4 Å². The second kappa shape index (κ2) is 6.84. The van der Waals surface area contributed by atoms with E-state index in [2.05, 4.69) is 5.32 Å². The minimum Gasteiger partial charge on any atom is -0.480 e. The predicted octanol–water partition coefficient (Wildman–Crippen LogP) is 2.02. The van der Waals surface area contributed by atoms with Crippen LogP contribution in [0.5, 0.6) is 0 Å². The van der Waals surface area contributed by atoms with Gasteiger partial charge in [0, 0.05) is 24.7 Å². The molecule has 0 heterocycles. The summed E-state index contributed by atoms with van der Waals surface area (Å²) in [6.45, 7) is 0.790. The Morgan fingerprint density at radius 1 is 1.25 bits per heavy atom. The van der Waals surface area contributed by atoms with E-state index in [0.717, 1.165) is 31.5 Å². The van der Waals surface area contributed by atoms with Crippen molar-refractivity contribution in [2.75, 3.05) is 13.1 Å². The van der Waals surface area contributed by atoms with Gasteiger partial charge < -0.3 is 10.4 Å². The summed E-state index contributed by atoms with van der Waals surface area (Å²) >= 11 is 0. The summed E-state index contributed by atoms with van der Waals surface area (Å²) in [7, 11) is 0. The average molecular weight is 338 g/mol. The SMILES string of the molecule is O=C(O)CN(CC1CC1)C1CC(NC(=O)c2ccc(F)cc2F)C1. The van der Waals surface area contributed by atoms with Gasteiger partial charge in [-0.3, -0.25) is 14.5 Å². The number of rotatable bonds is 7. The van der Waals surface area contributed by atoms with Crippen LogP contribution in [0.3, 0.4) is 0 Å². The number of aliphatic carboxylic acids is 1. The normalized spacial score (nSPS) is 23.0. The Morgan fingerprint density at radius 3 is 2.54 bits per heavy atom. The third-order valence-electron chi connectivity index (χ3n) is 4.67. The Bertz CT molecular complexity index is 643. The van der Waals surface area contributed by atoms with E-state index < -0.39 is 23.5 Å². The van der Waals surface area contributed by atoms with Crippen molar-refractivity contribution in [1.29, 1.82) is 0 Å². The van der Waals surface area contributed by atoms with Gasteiger partial charge in [0.1, 0.15) is 11.6 Å². The van der Waals surface area contributed by atoms with Gasteiger partial charge in [-0.25, -0.2) is 8.78 Å². The minimum atomic E-state index is -0.885. The van der Waals surface area contributed by atoms with Gasteiger partial charge in [0.15, 0.2) is 0 Å². The van der Waals surface area contributed by atoms with Crippen molar-refractivity contribution < 1.29 is 23.5 Å². The highest BCUT2D eigenvalue weighted by Crippen LogP contribution is 2.33. The summed E-state index contributed by atoms with van der Waals surface area (Å²) < 4.78 is 26.5. The highest BCUT2D eigenvalue weighted by molar-refractivity contribution is 5.94. The summed E-state index contributed by atoms with van der Waals surface area (Å²) in [5, 5.41) is 11.7. The van der Waals surface area contributed by atoms with Crippen LogP contribution < -0.4 is 5.32 Å². The molecule has 0 bridgehead atoms. The molecule has 0 spiro atoms. The highest BCUT2D eigenvalue weighted by atomic mass is 19.1. The zero-order chi connectivity index (χ0) is 17.3. The molecular formula is C17H20F2N2O3.